The van der Waals surface area contributed by atoms with Gasteiger partial charge < -0.3 is 34.6 Å². The van der Waals surface area contributed by atoms with Crippen LogP contribution in [0.5, 0.6) is 17.2 Å². The van der Waals surface area contributed by atoms with Crippen LogP contribution in [0, 0.1) is 0 Å². The van der Waals surface area contributed by atoms with Gasteiger partial charge in [0.05, 0.1) is 6.61 Å². The van der Waals surface area contributed by atoms with Crippen molar-refractivity contribution in [3.8, 4) is 17.2 Å². The lowest BCUT2D eigenvalue weighted by atomic mass is 9.99. The van der Waals surface area contributed by atoms with Gasteiger partial charge in [0.2, 0.25) is 6.29 Å². The van der Waals surface area contributed by atoms with Gasteiger partial charge in [0.25, 0.3) is 0 Å². The van der Waals surface area contributed by atoms with Crippen molar-refractivity contribution in [3.63, 3.8) is 0 Å². The second-order valence-corrected chi connectivity index (χ2v) is 5.71. The molecule has 134 valence electrons. The summed E-state index contributed by atoms with van der Waals surface area (Å²) in [6.07, 6.45) is -6.63. The molecule has 0 radical (unpaired) electrons. The zero-order valence-corrected chi connectivity index (χ0v) is 13.3. The first-order valence-corrected chi connectivity index (χ1v) is 7.88. The number of para-hydroxylation sites is 1. The molecule has 2 aromatic carbocycles. The zero-order valence-electron chi connectivity index (χ0n) is 13.3. The number of benzene rings is 2. The fraction of sp³-hybridized carbons (Fsp3) is 0.333. The first-order chi connectivity index (χ1) is 12.1. The van der Waals surface area contributed by atoms with Crippen LogP contribution in [0.3, 0.4) is 0 Å². The van der Waals surface area contributed by atoms with E-state index in [2.05, 4.69) is 0 Å². The maximum Gasteiger partial charge on any atom is 0.229 e. The summed E-state index contributed by atoms with van der Waals surface area (Å²) in [5, 5.41) is 38.8. The number of hydrogen-bond donors (Lipinski definition) is 4. The average Bonchev–Trinajstić information content (AvgIpc) is 2.63. The van der Waals surface area contributed by atoms with Gasteiger partial charge in [0, 0.05) is 6.07 Å². The smallest absolute Gasteiger partial charge is 0.229 e. The first kappa shape index (κ1) is 17.7. The van der Waals surface area contributed by atoms with E-state index in [9.17, 15) is 20.4 Å². The van der Waals surface area contributed by atoms with Crippen LogP contribution in [0.25, 0.3) is 0 Å². The highest BCUT2D eigenvalue weighted by molar-refractivity contribution is 5.36. The molecule has 7 nitrogen and oxygen atoms in total. The summed E-state index contributed by atoms with van der Waals surface area (Å²) in [6.45, 7) is -0.512. The highest BCUT2D eigenvalue weighted by Crippen LogP contribution is 2.28. The molecule has 0 unspecified atom stereocenters. The second kappa shape index (κ2) is 7.81. The monoisotopic (exact) mass is 348 g/mol. The van der Waals surface area contributed by atoms with E-state index in [4.69, 9.17) is 14.2 Å². The molecule has 1 saturated heterocycles. The van der Waals surface area contributed by atoms with Gasteiger partial charge in [-0.1, -0.05) is 24.3 Å². The predicted octanol–water partition coefficient (Wildman–Crippen LogP) is 0.658. The van der Waals surface area contributed by atoms with E-state index in [1.54, 1.807) is 24.3 Å². The molecule has 0 spiro atoms. The minimum atomic E-state index is -1.49. The highest BCUT2D eigenvalue weighted by atomic mass is 16.7. The van der Waals surface area contributed by atoms with E-state index >= 15 is 0 Å². The van der Waals surface area contributed by atoms with Crippen LogP contribution in [-0.4, -0.2) is 57.7 Å². The third-order valence-electron chi connectivity index (χ3n) is 3.89. The lowest BCUT2D eigenvalue weighted by Crippen LogP contribution is -2.60. The van der Waals surface area contributed by atoms with E-state index in [1.807, 2.05) is 30.3 Å². The Bertz CT molecular complexity index is 676. The molecule has 4 N–H and O–H groups in total. The molecule has 1 aliphatic heterocycles. The molecule has 1 aliphatic rings. The van der Waals surface area contributed by atoms with E-state index in [1.165, 1.54) is 0 Å². The standard InChI is InChI=1S/C18H20O7/c19-10-14-15(20)16(21)17(22)18(25-14)24-13-8-4-7-12(9-13)23-11-5-2-1-3-6-11/h1-9,14-22H,10H2/t14-,15+,16+,17-,18+/m0/s1. The van der Waals surface area contributed by atoms with Crippen molar-refractivity contribution in [2.75, 3.05) is 6.61 Å². The van der Waals surface area contributed by atoms with Gasteiger partial charge in [-0.05, 0) is 24.3 Å². The van der Waals surface area contributed by atoms with E-state index < -0.39 is 37.3 Å². The second-order valence-electron chi connectivity index (χ2n) is 5.71. The third kappa shape index (κ3) is 4.09. The molecule has 0 aromatic heterocycles. The maximum absolute atomic E-state index is 10.0. The number of aliphatic hydroxyl groups excluding tert-OH is 4. The SMILES string of the molecule is OC[C@@H]1O[C@@H](Oc2cccc(Oc3ccccc3)c2)[C@@H](O)[C@H](O)[C@@H]1O. The van der Waals surface area contributed by atoms with Gasteiger partial charge in [0.1, 0.15) is 41.7 Å². The molecule has 7 heteroatoms. The Balaban J connectivity index is 1.71. The van der Waals surface area contributed by atoms with E-state index in [0.717, 1.165) is 0 Å². The van der Waals surface area contributed by atoms with Crippen molar-refractivity contribution in [2.45, 2.75) is 30.7 Å². The Morgan fingerprint density at radius 3 is 2.20 bits per heavy atom. The van der Waals surface area contributed by atoms with Crippen molar-refractivity contribution in [2.24, 2.45) is 0 Å². The van der Waals surface area contributed by atoms with Crippen LogP contribution in [0.1, 0.15) is 0 Å². The van der Waals surface area contributed by atoms with Crippen LogP contribution in [0.15, 0.2) is 54.6 Å². The Morgan fingerprint density at radius 1 is 0.800 bits per heavy atom. The fourth-order valence-corrected chi connectivity index (χ4v) is 2.53. The molecule has 0 aliphatic carbocycles. The molecule has 0 amide bonds. The van der Waals surface area contributed by atoms with Crippen LogP contribution in [0.4, 0.5) is 0 Å². The molecule has 1 heterocycles. The first-order valence-electron chi connectivity index (χ1n) is 7.88. The Labute approximate surface area is 144 Å². The molecule has 5 atom stereocenters. The van der Waals surface area contributed by atoms with Crippen molar-refractivity contribution in [1.82, 2.24) is 0 Å². The summed E-state index contributed by atoms with van der Waals surface area (Å²) in [4.78, 5) is 0. The number of aliphatic hydroxyl groups is 4. The molecule has 2 aromatic rings. The molecular weight excluding hydrogens is 328 g/mol. The number of ether oxygens (including phenoxy) is 3. The number of hydrogen-bond acceptors (Lipinski definition) is 7. The van der Waals surface area contributed by atoms with Crippen LogP contribution < -0.4 is 9.47 Å². The summed E-state index contributed by atoms with van der Waals surface area (Å²) in [5.41, 5.74) is 0. The summed E-state index contributed by atoms with van der Waals surface area (Å²) in [6, 6.07) is 15.9. The lowest BCUT2D eigenvalue weighted by molar-refractivity contribution is -0.277. The topological polar surface area (TPSA) is 109 Å². The lowest BCUT2D eigenvalue weighted by Gasteiger charge is -2.39. The molecule has 0 bridgehead atoms. The van der Waals surface area contributed by atoms with Gasteiger partial charge in [0.15, 0.2) is 0 Å². The minimum Gasteiger partial charge on any atom is -0.462 e. The van der Waals surface area contributed by atoms with Gasteiger partial charge in [-0.3, -0.25) is 0 Å². The van der Waals surface area contributed by atoms with Crippen LogP contribution in [-0.2, 0) is 4.74 Å². The van der Waals surface area contributed by atoms with E-state index in [0.29, 0.717) is 17.2 Å². The third-order valence-corrected chi connectivity index (χ3v) is 3.89. The maximum atomic E-state index is 10.0. The van der Waals surface area contributed by atoms with Crippen LogP contribution in [0.2, 0.25) is 0 Å². The zero-order chi connectivity index (χ0) is 17.8. The van der Waals surface area contributed by atoms with Gasteiger partial charge in [-0.15, -0.1) is 0 Å². The van der Waals surface area contributed by atoms with Gasteiger partial charge in [-0.25, -0.2) is 0 Å². The largest absolute Gasteiger partial charge is 0.462 e. The summed E-state index contributed by atoms with van der Waals surface area (Å²) in [7, 11) is 0. The molecule has 25 heavy (non-hydrogen) atoms. The van der Waals surface area contributed by atoms with Crippen LogP contribution >= 0.6 is 0 Å². The Kier molecular flexibility index (Phi) is 5.52. The molecule has 0 saturated carbocycles. The summed E-state index contributed by atoms with van der Waals surface area (Å²) < 4.78 is 16.6. The fourth-order valence-electron chi connectivity index (χ4n) is 2.53. The predicted molar refractivity (Wildman–Crippen MR) is 87.4 cm³/mol. The molecule has 1 fully saturated rings. The average molecular weight is 348 g/mol. The van der Waals surface area contributed by atoms with Crippen molar-refractivity contribution >= 4 is 0 Å². The summed E-state index contributed by atoms with van der Waals surface area (Å²) in [5.74, 6) is 1.53. The Hall–Kier alpha value is -2.16. The molecule has 3 rings (SSSR count). The van der Waals surface area contributed by atoms with Crippen molar-refractivity contribution < 1.29 is 34.6 Å². The summed E-state index contributed by atoms with van der Waals surface area (Å²) >= 11 is 0. The molecular formula is C18H20O7. The van der Waals surface area contributed by atoms with Crippen molar-refractivity contribution in [3.05, 3.63) is 54.6 Å². The minimum absolute atomic E-state index is 0.345. The van der Waals surface area contributed by atoms with Crippen molar-refractivity contribution in [1.29, 1.82) is 0 Å². The van der Waals surface area contributed by atoms with Gasteiger partial charge in [-0.2, -0.15) is 0 Å². The number of rotatable bonds is 5. The quantitative estimate of drug-likeness (QED) is 0.628. The van der Waals surface area contributed by atoms with Gasteiger partial charge >= 0.3 is 0 Å². The van der Waals surface area contributed by atoms with E-state index in [-0.39, 0.29) is 0 Å². The normalized spacial score (nSPS) is 29.2. The Morgan fingerprint density at radius 2 is 1.48 bits per heavy atom. The highest BCUT2D eigenvalue weighted by Gasteiger charge is 2.44.